The standard InChI is InChI=1S/C36H44O6/c1-21(2)8-7-9-22(3)27-20-28-23(4)16-29(27)35(25-12-15-31(39)34(18-25)42-6)36(28)32(40)19-26(37)13-10-24-11-14-30(38)33(17-24)41-5/h8,10-19,22,27-29,35-39H,7,9,20H2,1-6H3/b13-10+,26-19-/t22?,27-,28?,29?,35+,36-/m1/s1. The van der Waals surface area contributed by atoms with Gasteiger partial charge in [0.2, 0.25) is 0 Å². The largest absolute Gasteiger partial charge is 0.508 e. The number of carbonyl (C=O) groups excluding carboxylic acids is 1. The number of methoxy groups -OCH3 is 2. The number of allylic oxidation sites excluding steroid dienone is 6. The lowest BCUT2D eigenvalue weighted by Gasteiger charge is -2.52. The zero-order chi connectivity index (χ0) is 30.6. The Kier molecular flexibility index (Phi) is 9.87. The molecule has 0 aliphatic heterocycles. The highest BCUT2D eigenvalue weighted by Gasteiger charge is 2.51. The fourth-order valence-electron chi connectivity index (χ4n) is 6.91. The van der Waals surface area contributed by atoms with Gasteiger partial charge in [-0.15, -0.1) is 0 Å². The molecule has 2 aromatic rings. The number of benzene rings is 2. The SMILES string of the molecule is COc1cc(/C=C/C(O)=C/C(=O)[C@H]2C3C[C@H](C(C)CCC=C(C)C)C(C=C3C)[C@@H]2c2ccc(O)c(OC)c2)ccc1O. The molecule has 2 aromatic carbocycles. The highest BCUT2D eigenvalue weighted by Crippen LogP contribution is 2.58. The number of phenols is 2. The maximum Gasteiger partial charge on any atom is 0.163 e. The van der Waals surface area contributed by atoms with Gasteiger partial charge < -0.3 is 24.8 Å². The highest BCUT2D eigenvalue weighted by molar-refractivity contribution is 5.94. The van der Waals surface area contributed by atoms with Crippen molar-refractivity contribution in [1.29, 1.82) is 0 Å². The number of aliphatic hydroxyl groups excluding tert-OH is 1. The summed E-state index contributed by atoms with van der Waals surface area (Å²) in [6.45, 7) is 8.71. The monoisotopic (exact) mass is 572 g/mol. The van der Waals surface area contributed by atoms with Crippen molar-refractivity contribution in [1.82, 2.24) is 0 Å². The molecule has 3 N–H and O–H groups in total. The van der Waals surface area contributed by atoms with Gasteiger partial charge in [-0.25, -0.2) is 0 Å². The molecule has 2 bridgehead atoms. The highest BCUT2D eigenvalue weighted by atomic mass is 16.5. The van der Waals surface area contributed by atoms with E-state index in [2.05, 4.69) is 39.8 Å². The van der Waals surface area contributed by atoms with Gasteiger partial charge in [-0.3, -0.25) is 4.79 Å². The Morgan fingerprint density at radius 3 is 2.38 bits per heavy atom. The first-order valence-electron chi connectivity index (χ1n) is 14.7. The van der Waals surface area contributed by atoms with Crippen molar-refractivity contribution in [3.8, 4) is 23.0 Å². The smallest absolute Gasteiger partial charge is 0.163 e. The van der Waals surface area contributed by atoms with Crippen molar-refractivity contribution >= 4 is 11.9 Å². The van der Waals surface area contributed by atoms with Gasteiger partial charge in [0.1, 0.15) is 5.76 Å². The van der Waals surface area contributed by atoms with Gasteiger partial charge in [0.25, 0.3) is 0 Å². The van der Waals surface area contributed by atoms with Crippen LogP contribution in [0.2, 0.25) is 0 Å². The van der Waals surface area contributed by atoms with Crippen LogP contribution in [-0.2, 0) is 4.79 Å². The van der Waals surface area contributed by atoms with E-state index in [1.165, 1.54) is 43.6 Å². The Morgan fingerprint density at radius 2 is 1.71 bits per heavy atom. The van der Waals surface area contributed by atoms with E-state index in [-0.39, 0.29) is 46.7 Å². The summed E-state index contributed by atoms with van der Waals surface area (Å²) in [7, 11) is 3.00. The molecule has 0 saturated heterocycles. The number of fused-ring (bicyclic) bond motifs is 2. The fraction of sp³-hybridized carbons (Fsp3) is 0.417. The van der Waals surface area contributed by atoms with E-state index < -0.39 is 0 Å². The van der Waals surface area contributed by atoms with E-state index >= 15 is 0 Å². The van der Waals surface area contributed by atoms with Crippen LogP contribution in [0.3, 0.4) is 0 Å². The average molecular weight is 573 g/mol. The molecule has 0 aromatic heterocycles. The molecular weight excluding hydrogens is 528 g/mol. The minimum Gasteiger partial charge on any atom is -0.508 e. The summed E-state index contributed by atoms with van der Waals surface area (Å²) >= 11 is 0. The molecule has 6 atom stereocenters. The molecule has 42 heavy (non-hydrogen) atoms. The molecule has 3 unspecified atom stereocenters. The number of hydrogen-bond acceptors (Lipinski definition) is 6. The van der Waals surface area contributed by atoms with Crippen molar-refractivity contribution in [2.24, 2.45) is 29.6 Å². The fourth-order valence-corrected chi connectivity index (χ4v) is 6.91. The minimum absolute atomic E-state index is 0.0295. The number of ketones is 1. The van der Waals surface area contributed by atoms with Crippen LogP contribution >= 0.6 is 0 Å². The first-order chi connectivity index (χ1) is 20.0. The van der Waals surface area contributed by atoms with Gasteiger partial charge in [0, 0.05) is 17.9 Å². The van der Waals surface area contributed by atoms with Crippen molar-refractivity contribution in [3.05, 3.63) is 88.7 Å². The molecule has 1 saturated carbocycles. The molecule has 6 nitrogen and oxygen atoms in total. The van der Waals surface area contributed by atoms with E-state index in [1.807, 2.05) is 12.1 Å². The quantitative estimate of drug-likeness (QED) is 0.109. The number of ether oxygens (including phenoxy) is 2. The second kappa shape index (κ2) is 13.4. The van der Waals surface area contributed by atoms with E-state index in [0.29, 0.717) is 28.9 Å². The van der Waals surface area contributed by atoms with Gasteiger partial charge in [0.05, 0.1) is 14.2 Å². The topological polar surface area (TPSA) is 96.2 Å². The number of aliphatic hydroxyl groups is 1. The third kappa shape index (κ3) is 6.75. The third-order valence-corrected chi connectivity index (χ3v) is 9.06. The van der Waals surface area contributed by atoms with Crippen LogP contribution in [0.5, 0.6) is 23.0 Å². The van der Waals surface area contributed by atoms with Gasteiger partial charge in [0.15, 0.2) is 28.8 Å². The Hall–Kier alpha value is -3.93. The minimum atomic E-state index is -0.347. The van der Waals surface area contributed by atoms with E-state index in [4.69, 9.17) is 9.47 Å². The van der Waals surface area contributed by atoms with Crippen molar-refractivity contribution in [3.63, 3.8) is 0 Å². The Bertz CT molecular complexity index is 1410. The molecule has 0 heterocycles. The summed E-state index contributed by atoms with van der Waals surface area (Å²) < 4.78 is 10.6. The van der Waals surface area contributed by atoms with Gasteiger partial charge >= 0.3 is 0 Å². The van der Waals surface area contributed by atoms with Gasteiger partial charge in [-0.1, -0.05) is 48.4 Å². The first-order valence-corrected chi connectivity index (χ1v) is 14.7. The van der Waals surface area contributed by atoms with Crippen LogP contribution in [0.25, 0.3) is 6.08 Å². The average Bonchev–Trinajstić information content (AvgIpc) is 2.96. The molecule has 1 fully saturated rings. The molecule has 0 amide bonds. The molecule has 3 aliphatic carbocycles. The van der Waals surface area contributed by atoms with Crippen molar-refractivity contribution in [2.75, 3.05) is 14.2 Å². The van der Waals surface area contributed by atoms with Crippen LogP contribution in [0, 0.1) is 29.6 Å². The van der Waals surface area contributed by atoms with Crippen LogP contribution in [0.15, 0.2) is 77.6 Å². The summed E-state index contributed by atoms with van der Waals surface area (Å²) in [5.41, 5.74) is 4.23. The Balaban J connectivity index is 1.67. The molecule has 0 spiro atoms. The van der Waals surface area contributed by atoms with E-state index in [0.717, 1.165) is 24.8 Å². The van der Waals surface area contributed by atoms with Crippen molar-refractivity contribution in [2.45, 2.75) is 52.9 Å². The normalized spacial score (nSPS) is 24.3. The number of carbonyl (C=O) groups is 1. The lowest BCUT2D eigenvalue weighted by molar-refractivity contribution is -0.123. The van der Waals surface area contributed by atoms with Gasteiger partial charge in [-0.2, -0.15) is 0 Å². The van der Waals surface area contributed by atoms with Crippen LogP contribution in [0.1, 0.15) is 64.0 Å². The maximum absolute atomic E-state index is 14.0. The Labute approximate surface area is 249 Å². The third-order valence-electron chi connectivity index (χ3n) is 9.06. The summed E-state index contributed by atoms with van der Waals surface area (Å²) in [5.74, 6) is 1.20. The summed E-state index contributed by atoms with van der Waals surface area (Å²) in [6.07, 6.45) is 12.2. The van der Waals surface area contributed by atoms with E-state index in [1.54, 1.807) is 24.3 Å². The molecule has 5 rings (SSSR count). The summed E-state index contributed by atoms with van der Waals surface area (Å²) in [6, 6.07) is 10.3. The number of aromatic hydroxyl groups is 2. The second-order valence-electron chi connectivity index (χ2n) is 12.0. The maximum atomic E-state index is 14.0. The zero-order valence-corrected chi connectivity index (χ0v) is 25.5. The zero-order valence-electron chi connectivity index (χ0n) is 25.5. The second-order valence-corrected chi connectivity index (χ2v) is 12.0. The first kappa shape index (κ1) is 31.0. The Morgan fingerprint density at radius 1 is 1.05 bits per heavy atom. The number of hydrogen-bond donors (Lipinski definition) is 3. The molecule has 0 radical (unpaired) electrons. The van der Waals surface area contributed by atoms with Gasteiger partial charge in [-0.05, 0) is 105 Å². The molecular formula is C36H44O6. The summed E-state index contributed by atoms with van der Waals surface area (Å²) in [5, 5.41) is 30.9. The summed E-state index contributed by atoms with van der Waals surface area (Å²) in [4.78, 5) is 14.0. The van der Waals surface area contributed by atoms with Crippen LogP contribution in [-0.4, -0.2) is 35.3 Å². The molecule has 6 heteroatoms. The molecule has 224 valence electrons. The lowest BCUT2D eigenvalue weighted by Crippen LogP contribution is -2.47. The molecule has 3 aliphatic rings. The predicted molar refractivity (Wildman–Crippen MR) is 167 cm³/mol. The van der Waals surface area contributed by atoms with Crippen LogP contribution < -0.4 is 9.47 Å². The number of rotatable bonds is 11. The number of phenolic OH excluding ortho intramolecular Hbond substituents is 2. The van der Waals surface area contributed by atoms with Crippen molar-refractivity contribution < 1.29 is 29.6 Å². The lowest BCUT2D eigenvalue weighted by atomic mass is 9.51. The predicted octanol–water partition coefficient (Wildman–Crippen LogP) is 8.13. The van der Waals surface area contributed by atoms with Crippen LogP contribution in [0.4, 0.5) is 0 Å². The van der Waals surface area contributed by atoms with E-state index in [9.17, 15) is 20.1 Å².